The van der Waals surface area contributed by atoms with Gasteiger partial charge in [0.25, 0.3) is 5.91 Å². The summed E-state index contributed by atoms with van der Waals surface area (Å²) in [5, 5.41) is 3.54. The Morgan fingerprint density at radius 2 is 1.76 bits per heavy atom. The van der Waals surface area contributed by atoms with Crippen molar-refractivity contribution in [3.05, 3.63) is 62.5 Å². The average molecular weight is 322 g/mol. The van der Waals surface area contributed by atoms with E-state index in [1.807, 2.05) is 0 Å². The molecular weight excluding hydrogens is 313 g/mol. The van der Waals surface area contributed by atoms with E-state index in [0.29, 0.717) is 32.3 Å². The maximum Gasteiger partial charge on any atom is 0.323 e. The molecule has 7 heteroatoms. The van der Waals surface area contributed by atoms with Crippen LogP contribution in [-0.4, -0.2) is 15.9 Å². The number of halogens is 2. The van der Waals surface area contributed by atoms with Crippen LogP contribution in [-0.2, 0) is 0 Å². The van der Waals surface area contributed by atoms with Crippen LogP contribution in [0.4, 0.5) is 5.69 Å². The lowest BCUT2D eigenvalue weighted by molar-refractivity contribution is 0.102. The van der Waals surface area contributed by atoms with Crippen molar-refractivity contribution in [2.24, 2.45) is 0 Å². The van der Waals surface area contributed by atoms with Crippen molar-refractivity contribution in [3.63, 3.8) is 0 Å². The minimum absolute atomic E-state index is 0.316. The molecule has 0 aliphatic carbocycles. The zero-order valence-corrected chi connectivity index (χ0v) is 12.0. The van der Waals surface area contributed by atoms with Crippen molar-refractivity contribution < 1.29 is 4.79 Å². The Hall–Kier alpha value is -2.24. The fraction of sp³-hybridized carbons (Fsp3) is 0. The van der Waals surface area contributed by atoms with Gasteiger partial charge in [-0.3, -0.25) is 4.79 Å². The second-order valence-electron chi connectivity index (χ2n) is 4.42. The van der Waals surface area contributed by atoms with Gasteiger partial charge < -0.3 is 15.3 Å². The van der Waals surface area contributed by atoms with E-state index in [1.54, 1.807) is 36.4 Å². The number of carbonyl (C=O) groups excluding carboxylic acids is 1. The second-order valence-corrected chi connectivity index (χ2v) is 5.26. The van der Waals surface area contributed by atoms with Crippen molar-refractivity contribution in [1.82, 2.24) is 9.97 Å². The fourth-order valence-electron chi connectivity index (χ4n) is 1.96. The quantitative estimate of drug-likeness (QED) is 0.676. The highest BCUT2D eigenvalue weighted by Crippen LogP contribution is 2.26. The van der Waals surface area contributed by atoms with Gasteiger partial charge in [-0.2, -0.15) is 0 Å². The molecule has 3 aromatic rings. The van der Waals surface area contributed by atoms with Gasteiger partial charge in [-0.1, -0.05) is 23.2 Å². The molecule has 5 nitrogen and oxygen atoms in total. The van der Waals surface area contributed by atoms with Crippen molar-refractivity contribution >= 4 is 45.8 Å². The third kappa shape index (κ3) is 2.79. The van der Waals surface area contributed by atoms with Crippen LogP contribution in [0.3, 0.4) is 0 Å². The van der Waals surface area contributed by atoms with Crippen LogP contribution >= 0.6 is 23.2 Å². The third-order valence-electron chi connectivity index (χ3n) is 2.96. The number of anilines is 1. The summed E-state index contributed by atoms with van der Waals surface area (Å²) in [7, 11) is 0. The number of nitrogens with one attached hydrogen (secondary N) is 3. The molecule has 3 N–H and O–H groups in total. The number of rotatable bonds is 2. The first-order chi connectivity index (χ1) is 10.0. The zero-order chi connectivity index (χ0) is 15.0. The summed E-state index contributed by atoms with van der Waals surface area (Å²) in [4.78, 5) is 28.6. The highest BCUT2D eigenvalue weighted by molar-refractivity contribution is 6.36. The third-order valence-corrected chi connectivity index (χ3v) is 3.51. The Balaban J connectivity index is 1.91. The Morgan fingerprint density at radius 3 is 2.52 bits per heavy atom. The lowest BCUT2D eigenvalue weighted by Gasteiger charge is -2.07. The first-order valence-electron chi connectivity index (χ1n) is 6.01. The molecule has 0 aliphatic rings. The molecule has 1 heterocycles. The predicted octanol–water partition coefficient (Wildman–Crippen LogP) is 3.42. The lowest BCUT2D eigenvalue weighted by Crippen LogP contribution is -2.12. The molecular formula is C14H9Cl2N3O2. The maximum atomic E-state index is 12.2. The Morgan fingerprint density at radius 1 is 1.00 bits per heavy atom. The van der Waals surface area contributed by atoms with Crippen molar-refractivity contribution in [2.45, 2.75) is 0 Å². The number of hydrogen-bond donors (Lipinski definition) is 3. The maximum absolute atomic E-state index is 12.2. The van der Waals surface area contributed by atoms with Gasteiger partial charge in [0.15, 0.2) is 0 Å². The van der Waals surface area contributed by atoms with Crippen LogP contribution in [0.5, 0.6) is 0 Å². The van der Waals surface area contributed by atoms with Gasteiger partial charge in [-0.05, 0) is 36.4 Å². The van der Waals surface area contributed by atoms with Crippen LogP contribution in [0, 0.1) is 0 Å². The predicted molar refractivity (Wildman–Crippen MR) is 83.3 cm³/mol. The molecule has 0 bridgehead atoms. The number of H-pyrrole nitrogens is 2. The summed E-state index contributed by atoms with van der Waals surface area (Å²) < 4.78 is 0. The smallest absolute Gasteiger partial charge is 0.321 e. The highest BCUT2D eigenvalue weighted by atomic mass is 35.5. The monoisotopic (exact) mass is 321 g/mol. The molecule has 0 spiro atoms. The van der Waals surface area contributed by atoms with E-state index in [2.05, 4.69) is 15.3 Å². The molecule has 0 radical (unpaired) electrons. The minimum Gasteiger partial charge on any atom is -0.321 e. The number of hydrogen-bond acceptors (Lipinski definition) is 2. The summed E-state index contributed by atoms with van der Waals surface area (Å²) in [6, 6.07) is 9.67. The Labute approximate surface area is 128 Å². The zero-order valence-electron chi connectivity index (χ0n) is 10.5. The molecule has 0 saturated carbocycles. The van der Waals surface area contributed by atoms with Gasteiger partial charge in [-0.15, -0.1) is 0 Å². The number of aromatic nitrogens is 2. The number of fused-ring (bicyclic) bond motifs is 1. The van der Waals surface area contributed by atoms with Crippen molar-refractivity contribution in [3.8, 4) is 0 Å². The van der Waals surface area contributed by atoms with Crippen LogP contribution in [0.1, 0.15) is 10.4 Å². The first-order valence-corrected chi connectivity index (χ1v) is 6.77. The van der Waals surface area contributed by atoms with Gasteiger partial charge in [-0.25, -0.2) is 4.79 Å². The SMILES string of the molecule is O=C(Nc1ccc(Cl)cc1Cl)c1ccc2[nH]c(=O)[nH]c2c1. The minimum atomic E-state index is -0.330. The van der Waals surface area contributed by atoms with Gasteiger partial charge in [0.05, 0.1) is 21.7 Å². The Bertz CT molecular complexity index is 899. The molecule has 0 unspecified atom stereocenters. The number of aromatic amines is 2. The molecule has 0 fully saturated rings. The summed E-state index contributed by atoms with van der Waals surface area (Å²) >= 11 is 11.8. The molecule has 0 atom stereocenters. The van der Waals surface area contributed by atoms with E-state index in [9.17, 15) is 9.59 Å². The number of amides is 1. The second kappa shape index (κ2) is 5.27. The van der Waals surface area contributed by atoms with Gasteiger partial charge in [0.2, 0.25) is 0 Å². The van der Waals surface area contributed by atoms with Gasteiger partial charge >= 0.3 is 5.69 Å². The molecule has 21 heavy (non-hydrogen) atoms. The van der Waals surface area contributed by atoms with Gasteiger partial charge in [0.1, 0.15) is 0 Å². The van der Waals surface area contributed by atoms with Crippen molar-refractivity contribution in [1.29, 1.82) is 0 Å². The van der Waals surface area contributed by atoms with E-state index >= 15 is 0 Å². The summed E-state index contributed by atoms with van der Waals surface area (Å²) in [6.07, 6.45) is 0. The molecule has 2 aromatic carbocycles. The number of carbonyl (C=O) groups is 1. The molecule has 0 aliphatic heterocycles. The van der Waals surface area contributed by atoms with E-state index in [4.69, 9.17) is 23.2 Å². The fourth-order valence-corrected chi connectivity index (χ4v) is 2.41. The van der Waals surface area contributed by atoms with E-state index < -0.39 is 0 Å². The summed E-state index contributed by atoms with van der Waals surface area (Å²) in [5.74, 6) is -0.330. The average Bonchev–Trinajstić information content (AvgIpc) is 2.80. The van der Waals surface area contributed by atoms with Gasteiger partial charge in [0, 0.05) is 10.6 Å². The number of imidazole rings is 1. The van der Waals surface area contributed by atoms with Crippen molar-refractivity contribution in [2.75, 3.05) is 5.32 Å². The molecule has 1 amide bonds. The van der Waals surface area contributed by atoms with Crippen LogP contribution in [0.25, 0.3) is 11.0 Å². The number of benzene rings is 2. The van der Waals surface area contributed by atoms with Crippen LogP contribution < -0.4 is 11.0 Å². The molecule has 106 valence electrons. The largest absolute Gasteiger partial charge is 0.323 e. The molecule has 0 saturated heterocycles. The van der Waals surface area contributed by atoms with E-state index in [-0.39, 0.29) is 11.6 Å². The lowest BCUT2D eigenvalue weighted by atomic mass is 10.2. The first kappa shape index (κ1) is 13.7. The molecule has 3 rings (SSSR count). The standard InChI is InChI=1S/C14H9Cl2N3O2/c15-8-2-4-10(9(16)6-8)17-13(20)7-1-3-11-12(5-7)19-14(21)18-11/h1-6H,(H,17,20)(H2,18,19,21). The van der Waals surface area contributed by atoms with Crippen LogP contribution in [0.2, 0.25) is 10.0 Å². The normalized spacial score (nSPS) is 10.8. The summed E-state index contributed by atoms with van der Waals surface area (Å²) in [5.41, 5.74) is 1.76. The summed E-state index contributed by atoms with van der Waals surface area (Å²) in [6.45, 7) is 0. The highest BCUT2D eigenvalue weighted by Gasteiger charge is 2.10. The Kier molecular flexibility index (Phi) is 3.45. The molecule has 1 aromatic heterocycles. The van der Waals surface area contributed by atoms with E-state index in [0.717, 1.165) is 0 Å². The topological polar surface area (TPSA) is 77.8 Å². The van der Waals surface area contributed by atoms with E-state index in [1.165, 1.54) is 0 Å². The van der Waals surface area contributed by atoms with Crippen LogP contribution in [0.15, 0.2) is 41.2 Å².